The maximum absolute atomic E-state index is 13.6. The molecule has 0 aliphatic carbocycles. The molecule has 4 atom stereocenters. The van der Waals surface area contributed by atoms with Crippen LogP contribution >= 0.6 is 0 Å². The molecule has 4 unspecified atom stereocenters. The van der Waals surface area contributed by atoms with Crippen LogP contribution in [-0.4, -0.2) is 87.0 Å². The number of benzene rings is 1. The Morgan fingerprint density at radius 1 is 1.05 bits per heavy atom. The number of hydrogen-bond acceptors (Lipinski definition) is 7. The van der Waals surface area contributed by atoms with E-state index in [0.717, 1.165) is 10.9 Å². The summed E-state index contributed by atoms with van der Waals surface area (Å²) >= 11 is 0. The van der Waals surface area contributed by atoms with Gasteiger partial charge in [0.15, 0.2) is 0 Å². The van der Waals surface area contributed by atoms with Gasteiger partial charge in [-0.05, 0) is 43.9 Å². The minimum atomic E-state index is -1.50. The second kappa shape index (κ2) is 13.7. The van der Waals surface area contributed by atoms with Gasteiger partial charge in [-0.3, -0.25) is 19.2 Å². The van der Waals surface area contributed by atoms with E-state index in [4.69, 9.17) is 11.5 Å². The first kappa shape index (κ1) is 29.6. The number of nitrogens with zero attached hydrogens (tertiary/aromatic N) is 1. The van der Waals surface area contributed by atoms with E-state index in [1.165, 1.54) is 4.90 Å². The molecule has 212 valence electrons. The zero-order valence-corrected chi connectivity index (χ0v) is 21.6. The highest BCUT2D eigenvalue weighted by molar-refractivity contribution is 5.96. The van der Waals surface area contributed by atoms with E-state index in [1.54, 1.807) is 6.20 Å². The topological polar surface area (TPSA) is 221 Å². The highest BCUT2D eigenvalue weighted by Crippen LogP contribution is 2.23. The SMILES string of the molecule is NCCCCC(N)C(=O)NC(CC(=O)O)C(=O)NC(Cc1c[nH]c2ccccc12)C(=O)N1CCCC1C(=O)O. The lowest BCUT2D eigenvalue weighted by Crippen LogP contribution is -2.58. The Morgan fingerprint density at radius 2 is 1.77 bits per heavy atom. The largest absolute Gasteiger partial charge is 0.481 e. The fraction of sp³-hybridized carbons (Fsp3) is 0.500. The highest BCUT2D eigenvalue weighted by Gasteiger charge is 2.39. The van der Waals surface area contributed by atoms with Crippen LogP contribution in [0.25, 0.3) is 10.9 Å². The van der Waals surface area contributed by atoms with Gasteiger partial charge in [-0.2, -0.15) is 0 Å². The summed E-state index contributed by atoms with van der Waals surface area (Å²) in [4.78, 5) is 67.0. The molecule has 1 saturated heterocycles. The normalized spacial score (nSPS) is 17.4. The number of carbonyl (C=O) groups excluding carboxylic acids is 3. The molecule has 2 heterocycles. The summed E-state index contributed by atoms with van der Waals surface area (Å²) < 4.78 is 0. The third-order valence-corrected chi connectivity index (χ3v) is 6.85. The first-order chi connectivity index (χ1) is 18.6. The fourth-order valence-electron chi connectivity index (χ4n) is 4.78. The molecule has 1 aliphatic rings. The zero-order chi connectivity index (χ0) is 28.5. The Bertz CT molecular complexity index is 1200. The maximum atomic E-state index is 13.6. The molecule has 1 fully saturated rings. The number of nitrogens with one attached hydrogen (secondary N) is 3. The van der Waals surface area contributed by atoms with Crippen molar-refractivity contribution >= 4 is 40.6 Å². The molecular weight excluding hydrogens is 508 g/mol. The lowest BCUT2D eigenvalue weighted by atomic mass is 10.0. The number of fused-ring (bicyclic) bond motifs is 1. The molecule has 9 N–H and O–H groups in total. The standard InChI is InChI=1S/C26H36N6O7/c27-10-4-3-7-17(28)23(35)30-19(13-22(33)34)24(36)31-20(25(37)32-11-5-9-21(32)26(38)39)12-15-14-29-18-8-2-1-6-16(15)18/h1-2,6,8,14,17,19-21,29H,3-5,7,9-13,27-28H2,(H,30,35)(H,31,36)(H,33,34)(H,38,39). The van der Waals surface area contributed by atoms with Crippen LogP contribution in [0.4, 0.5) is 0 Å². The van der Waals surface area contributed by atoms with Crippen molar-refractivity contribution in [2.24, 2.45) is 11.5 Å². The van der Waals surface area contributed by atoms with Gasteiger partial charge in [-0.15, -0.1) is 0 Å². The molecule has 0 radical (unpaired) electrons. The Balaban J connectivity index is 1.83. The molecule has 3 amide bonds. The van der Waals surface area contributed by atoms with Gasteiger partial charge < -0.3 is 42.2 Å². The van der Waals surface area contributed by atoms with Crippen LogP contribution in [0, 0.1) is 0 Å². The number of likely N-dealkylation sites (tertiary alicyclic amines) is 1. The summed E-state index contributed by atoms with van der Waals surface area (Å²) in [7, 11) is 0. The number of aromatic nitrogens is 1. The molecule has 1 aliphatic heterocycles. The second-order valence-electron chi connectivity index (χ2n) is 9.70. The first-order valence-corrected chi connectivity index (χ1v) is 13.0. The average molecular weight is 545 g/mol. The number of aromatic amines is 1. The molecule has 13 nitrogen and oxygen atoms in total. The Kier molecular flexibility index (Phi) is 10.4. The van der Waals surface area contributed by atoms with E-state index in [2.05, 4.69) is 15.6 Å². The predicted octanol–water partition coefficient (Wildman–Crippen LogP) is -0.313. The summed E-state index contributed by atoms with van der Waals surface area (Å²) in [6.07, 6.45) is 3.31. The number of H-pyrrole nitrogens is 1. The van der Waals surface area contributed by atoms with Crippen molar-refractivity contribution in [2.45, 2.75) is 69.1 Å². The number of nitrogens with two attached hydrogens (primary N) is 2. The molecule has 0 saturated carbocycles. The summed E-state index contributed by atoms with van der Waals surface area (Å²) in [6.45, 7) is 0.646. The van der Waals surface area contributed by atoms with Crippen molar-refractivity contribution in [3.63, 3.8) is 0 Å². The maximum Gasteiger partial charge on any atom is 0.326 e. The molecule has 3 rings (SSSR count). The van der Waals surface area contributed by atoms with Gasteiger partial charge in [0, 0.05) is 30.1 Å². The van der Waals surface area contributed by atoms with Crippen molar-refractivity contribution in [2.75, 3.05) is 13.1 Å². The van der Waals surface area contributed by atoms with E-state index >= 15 is 0 Å². The Morgan fingerprint density at radius 3 is 2.46 bits per heavy atom. The van der Waals surface area contributed by atoms with E-state index in [9.17, 15) is 34.2 Å². The van der Waals surface area contributed by atoms with Gasteiger partial charge in [-0.25, -0.2) is 4.79 Å². The van der Waals surface area contributed by atoms with Crippen LogP contribution in [0.15, 0.2) is 30.5 Å². The smallest absolute Gasteiger partial charge is 0.326 e. The van der Waals surface area contributed by atoms with Crippen LogP contribution in [0.1, 0.15) is 44.1 Å². The van der Waals surface area contributed by atoms with Crippen LogP contribution in [-0.2, 0) is 30.4 Å². The van der Waals surface area contributed by atoms with Crippen LogP contribution < -0.4 is 22.1 Å². The highest BCUT2D eigenvalue weighted by atomic mass is 16.4. The molecule has 0 bridgehead atoms. The number of carboxylic acids is 2. The van der Waals surface area contributed by atoms with E-state index in [1.807, 2.05) is 24.3 Å². The first-order valence-electron chi connectivity index (χ1n) is 13.0. The van der Waals surface area contributed by atoms with Crippen LogP contribution in [0.5, 0.6) is 0 Å². The monoisotopic (exact) mass is 544 g/mol. The van der Waals surface area contributed by atoms with Gasteiger partial charge in [0.2, 0.25) is 17.7 Å². The quantitative estimate of drug-likeness (QED) is 0.155. The van der Waals surface area contributed by atoms with Gasteiger partial charge in [-0.1, -0.05) is 24.6 Å². The fourth-order valence-corrected chi connectivity index (χ4v) is 4.78. The summed E-state index contributed by atoms with van der Waals surface area (Å²) in [5, 5.41) is 24.8. The predicted molar refractivity (Wildman–Crippen MR) is 141 cm³/mol. The Labute approximate surface area is 225 Å². The zero-order valence-electron chi connectivity index (χ0n) is 21.6. The van der Waals surface area contributed by atoms with Gasteiger partial charge in [0.05, 0.1) is 12.5 Å². The average Bonchev–Trinajstić information content (AvgIpc) is 3.55. The van der Waals surface area contributed by atoms with Crippen molar-refractivity contribution in [3.8, 4) is 0 Å². The molecule has 0 spiro atoms. The minimum Gasteiger partial charge on any atom is -0.481 e. The third-order valence-electron chi connectivity index (χ3n) is 6.85. The molecule has 1 aromatic carbocycles. The van der Waals surface area contributed by atoms with Crippen LogP contribution in [0.2, 0.25) is 0 Å². The number of amides is 3. The van der Waals surface area contributed by atoms with Crippen molar-refractivity contribution in [1.82, 2.24) is 20.5 Å². The number of hydrogen-bond donors (Lipinski definition) is 7. The number of rotatable bonds is 14. The number of carbonyl (C=O) groups is 5. The summed E-state index contributed by atoms with van der Waals surface area (Å²) in [6, 6.07) is 2.67. The number of unbranched alkanes of at least 4 members (excludes halogenated alkanes) is 1. The van der Waals surface area contributed by atoms with Crippen LogP contribution in [0.3, 0.4) is 0 Å². The van der Waals surface area contributed by atoms with E-state index in [0.29, 0.717) is 37.8 Å². The van der Waals surface area contributed by atoms with E-state index < -0.39 is 60.2 Å². The second-order valence-corrected chi connectivity index (χ2v) is 9.70. The van der Waals surface area contributed by atoms with Gasteiger partial charge in [0.1, 0.15) is 18.1 Å². The molecule has 2 aromatic rings. The van der Waals surface area contributed by atoms with E-state index in [-0.39, 0.29) is 19.4 Å². The third kappa shape index (κ3) is 7.77. The summed E-state index contributed by atoms with van der Waals surface area (Å²) in [5.74, 6) is -4.66. The molecule has 13 heteroatoms. The minimum absolute atomic E-state index is 0.0176. The van der Waals surface area contributed by atoms with Crippen molar-refractivity contribution in [3.05, 3.63) is 36.0 Å². The lowest BCUT2D eigenvalue weighted by molar-refractivity contribution is -0.149. The van der Waals surface area contributed by atoms with Crippen molar-refractivity contribution in [1.29, 1.82) is 0 Å². The van der Waals surface area contributed by atoms with Gasteiger partial charge >= 0.3 is 11.9 Å². The Hall–Kier alpha value is -3.97. The van der Waals surface area contributed by atoms with Gasteiger partial charge in [0.25, 0.3) is 0 Å². The number of aliphatic carboxylic acids is 2. The number of carboxylic acid groups (broad SMARTS) is 2. The lowest BCUT2D eigenvalue weighted by Gasteiger charge is -2.28. The number of para-hydroxylation sites is 1. The molecular formula is C26H36N6O7. The summed E-state index contributed by atoms with van der Waals surface area (Å²) in [5.41, 5.74) is 12.9. The molecule has 1 aromatic heterocycles. The van der Waals surface area contributed by atoms with Crippen molar-refractivity contribution < 1.29 is 34.2 Å². The molecule has 39 heavy (non-hydrogen) atoms.